The Morgan fingerprint density at radius 2 is 2.00 bits per heavy atom. The van der Waals surface area contributed by atoms with Gasteiger partial charge in [-0.2, -0.15) is 0 Å². The zero-order valence-corrected chi connectivity index (χ0v) is 16.5. The van der Waals surface area contributed by atoms with E-state index in [1.807, 2.05) is 24.1 Å². The monoisotopic (exact) mass is 379 g/mol. The van der Waals surface area contributed by atoms with Crippen LogP contribution in [0.1, 0.15) is 34.5 Å². The van der Waals surface area contributed by atoms with Crippen LogP contribution in [0.2, 0.25) is 0 Å². The Hall–Kier alpha value is -2.11. The van der Waals surface area contributed by atoms with E-state index in [-0.39, 0.29) is 11.9 Å². The van der Waals surface area contributed by atoms with Crippen LogP contribution < -0.4 is 0 Å². The van der Waals surface area contributed by atoms with Gasteiger partial charge in [0.15, 0.2) is 0 Å². The van der Waals surface area contributed by atoms with Crippen molar-refractivity contribution < 1.29 is 4.79 Å². The summed E-state index contributed by atoms with van der Waals surface area (Å²) >= 11 is 1.67. The Morgan fingerprint density at radius 1 is 1.22 bits per heavy atom. The van der Waals surface area contributed by atoms with Crippen LogP contribution in [0.4, 0.5) is 0 Å². The van der Waals surface area contributed by atoms with Crippen LogP contribution in [-0.2, 0) is 12.8 Å². The molecule has 1 atom stereocenters. The highest BCUT2D eigenvalue weighted by molar-refractivity contribution is 7.17. The number of H-pyrrole nitrogens is 1. The number of carbonyl (C=O) groups is 1. The molecule has 1 aliphatic carbocycles. The van der Waals surface area contributed by atoms with E-state index in [4.69, 9.17) is 0 Å². The summed E-state index contributed by atoms with van der Waals surface area (Å²) in [6, 6.07) is 13.7. The van der Waals surface area contributed by atoms with Gasteiger partial charge in [-0.15, -0.1) is 11.3 Å². The lowest BCUT2D eigenvalue weighted by Gasteiger charge is -2.40. The molecular weight excluding hydrogens is 354 g/mol. The van der Waals surface area contributed by atoms with Crippen molar-refractivity contribution in [2.24, 2.45) is 0 Å². The van der Waals surface area contributed by atoms with Gasteiger partial charge in [0.2, 0.25) is 0 Å². The Morgan fingerprint density at radius 3 is 2.74 bits per heavy atom. The van der Waals surface area contributed by atoms with E-state index in [2.05, 4.69) is 39.5 Å². The number of fused-ring (bicyclic) bond motifs is 2. The number of thiophene rings is 1. The highest BCUT2D eigenvalue weighted by atomic mass is 32.1. The zero-order valence-electron chi connectivity index (χ0n) is 15.6. The average molecular weight is 380 g/mol. The molecule has 1 aliphatic heterocycles. The third-order valence-corrected chi connectivity index (χ3v) is 7.18. The number of hydrogen-bond donors (Lipinski definition) is 1. The van der Waals surface area contributed by atoms with Gasteiger partial charge in [0.05, 0.1) is 10.2 Å². The van der Waals surface area contributed by atoms with E-state index >= 15 is 0 Å². The summed E-state index contributed by atoms with van der Waals surface area (Å²) in [5, 5.41) is 2.05. The van der Waals surface area contributed by atoms with Gasteiger partial charge in [-0.1, -0.05) is 24.3 Å². The molecule has 1 saturated heterocycles. The van der Waals surface area contributed by atoms with E-state index in [1.165, 1.54) is 11.1 Å². The first-order valence-electron chi connectivity index (χ1n) is 9.83. The van der Waals surface area contributed by atoms with Gasteiger partial charge >= 0.3 is 0 Å². The normalized spacial score (nSPS) is 20.9. The Labute approximate surface area is 163 Å². The standard InChI is InChI=1S/C22H25N3OS/c1-24(22(26)20-13-21-19(23-20)8-10-27-21)17-7-4-9-25(14-17)18-11-15-5-2-3-6-16(15)12-18/h2-3,5-6,8,10,13,17-18,23H,4,7,9,11-12,14H2,1H3/t17-/m1/s1. The number of nitrogens with zero attached hydrogens (tertiary/aromatic N) is 2. The molecule has 1 amide bonds. The van der Waals surface area contributed by atoms with Crippen molar-refractivity contribution in [2.75, 3.05) is 20.1 Å². The minimum atomic E-state index is 0.111. The van der Waals surface area contributed by atoms with Gasteiger partial charge in [-0.3, -0.25) is 9.69 Å². The smallest absolute Gasteiger partial charge is 0.270 e. The van der Waals surface area contributed by atoms with Crippen molar-refractivity contribution >= 4 is 27.5 Å². The van der Waals surface area contributed by atoms with Gasteiger partial charge in [-0.05, 0) is 60.9 Å². The summed E-state index contributed by atoms with van der Waals surface area (Å²) in [6.07, 6.45) is 4.54. The summed E-state index contributed by atoms with van der Waals surface area (Å²) in [5.41, 5.74) is 4.77. The zero-order chi connectivity index (χ0) is 18.4. The van der Waals surface area contributed by atoms with Crippen molar-refractivity contribution in [3.8, 4) is 0 Å². The van der Waals surface area contributed by atoms with Crippen molar-refractivity contribution in [3.05, 3.63) is 58.6 Å². The Bertz CT molecular complexity index is 921. The maximum Gasteiger partial charge on any atom is 0.270 e. The number of benzene rings is 1. The van der Waals surface area contributed by atoms with E-state index < -0.39 is 0 Å². The van der Waals surface area contributed by atoms with E-state index in [0.29, 0.717) is 11.7 Å². The van der Waals surface area contributed by atoms with Crippen molar-refractivity contribution in [1.82, 2.24) is 14.8 Å². The van der Waals surface area contributed by atoms with E-state index in [9.17, 15) is 4.79 Å². The number of nitrogens with one attached hydrogen (secondary N) is 1. The number of hydrogen-bond acceptors (Lipinski definition) is 3. The number of piperidine rings is 1. The lowest BCUT2D eigenvalue weighted by molar-refractivity contribution is 0.0551. The van der Waals surface area contributed by atoms with Crippen molar-refractivity contribution in [1.29, 1.82) is 0 Å². The Kier molecular flexibility index (Phi) is 4.29. The molecule has 1 N–H and O–H groups in total. The van der Waals surface area contributed by atoms with Crippen LogP contribution in [0, 0.1) is 0 Å². The maximum atomic E-state index is 13.0. The predicted octanol–water partition coefficient (Wildman–Crippen LogP) is 3.93. The van der Waals surface area contributed by atoms with Gasteiger partial charge in [0.25, 0.3) is 5.91 Å². The third kappa shape index (κ3) is 3.09. The summed E-state index contributed by atoms with van der Waals surface area (Å²) in [7, 11) is 1.97. The van der Waals surface area contributed by atoms with Crippen molar-refractivity contribution in [3.63, 3.8) is 0 Å². The maximum absolute atomic E-state index is 13.0. The minimum Gasteiger partial charge on any atom is -0.350 e. The molecule has 0 unspecified atom stereocenters. The summed E-state index contributed by atoms with van der Waals surface area (Å²) < 4.78 is 1.15. The van der Waals surface area contributed by atoms with Crippen LogP contribution in [0.5, 0.6) is 0 Å². The lowest BCUT2D eigenvalue weighted by atomic mass is 10.0. The molecule has 5 rings (SSSR count). The fourth-order valence-corrected chi connectivity index (χ4v) is 5.53. The first-order chi connectivity index (χ1) is 13.2. The molecule has 3 aromatic rings. The first kappa shape index (κ1) is 17.0. The molecule has 3 heterocycles. The van der Waals surface area contributed by atoms with E-state index in [0.717, 1.165) is 49.0 Å². The minimum absolute atomic E-state index is 0.111. The molecule has 0 radical (unpaired) electrons. The molecule has 4 nitrogen and oxygen atoms in total. The molecule has 1 fully saturated rings. The molecule has 0 saturated carbocycles. The number of likely N-dealkylation sites (N-methyl/N-ethyl adjacent to an activating group) is 1. The summed E-state index contributed by atoms with van der Waals surface area (Å²) in [4.78, 5) is 20.9. The molecule has 0 bridgehead atoms. The van der Waals surface area contributed by atoms with Gasteiger partial charge in [-0.25, -0.2) is 0 Å². The van der Waals surface area contributed by atoms with Crippen LogP contribution in [-0.4, -0.2) is 52.9 Å². The molecule has 2 aromatic heterocycles. The molecule has 2 aliphatic rings. The topological polar surface area (TPSA) is 39.3 Å². The molecule has 0 spiro atoms. The molecule has 5 heteroatoms. The quantitative estimate of drug-likeness (QED) is 0.749. The van der Waals surface area contributed by atoms with Gasteiger partial charge < -0.3 is 9.88 Å². The van der Waals surface area contributed by atoms with Gasteiger partial charge in [0.1, 0.15) is 5.69 Å². The van der Waals surface area contributed by atoms with Crippen LogP contribution in [0.3, 0.4) is 0 Å². The Balaban J connectivity index is 1.28. The number of rotatable bonds is 3. The summed E-state index contributed by atoms with van der Waals surface area (Å²) in [5.74, 6) is 0.111. The number of carbonyl (C=O) groups excluding carboxylic acids is 1. The third-order valence-electron chi connectivity index (χ3n) is 6.31. The summed E-state index contributed by atoms with van der Waals surface area (Å²) in [6.45, 7) is 2.13. The number of aromatic amines is 1. The highest BCUT2D eigenvalue weighted by Gasteiger charge is 2.33. The van der Waals surface area contributed by atoms with Gasteiger partial charge in [0, 0.05) is 25.7 Å². The lowest BCUT2D eigenvalue weighted by Crippen LogP contribution is -2.51. The van der Waals surface area contributed by atoms with Crippen LogP contribution in [0.25, 0.3) is 10.2 Å². The second-order valence-corrected chi connectivity index (χ2v) is 8.87. The number of likely N-dealkylation sites (tertiary alicyclic amines) is 1. The fraction of sp³-hybridized carbons (Fsp3) is 0.409. The number of amides is 1. The molecular formula is C22H25N3OS. The van der Waals surface area contributed by atoms with E-state index in [1.54, 1.807) is 11.3 Å². The fourth-order valence-electron chi connectivity index (χ4n) is 4.74. The van der Waals surface area contributed by atoms with Crippen LogP contribution >= 0.6 is 11.3 Å². The largest absolute Gasteiger partial charge is 0.350 e. The van der Waals surface area contributed by atoms with Crippen molar-refractivity contribution in [2.45, 2.75) is 37.8 Å². The van der Waals surface area contributed by atoms with Crippen LogP contribution in [0.15, 0.2) is 41.8 Å². The second kappa shape index (κ2) is 6.80. The first-order valence-corrected chi connectivity index (χ1v) is 10.7. The average Bonchev–Trinajstić information content (AvgIpc) is 3.40. The SMILES string of the molecule is CN(C(=O)c1cc2sccc2[nH]1)[C@@H]1CCCN(C2Cc3ccccc3C2)C1. The molecule has 140 valence electrons. The predicted molar refractivity (Wildman–Crippen MR) is 111 cm³/mol. The number of aromatic nitrogens is 1. The highest BCUT2D eigenvalue weighted by Crippen LogP contribution is 2.29. The molecule has 1 aromatic carbocycles. The second-order valence-electron chi connectivity index (χ2n) is 7.92. The molecule has 27 heavy (non-hydrogen) atoms.